The second-order valence-corrected chi connectivity index (χ2v) is 5.33. The minimum absolute atomic E-state index is 0. The fourth-order valence-corrected chi connectivity index (χ4v) is 1.37. The van der Waals surface area contributed by atoms with Gasteiger partial charge >= 0.3 is 11.9 Å². The molecule has 0 aliphatic heterocycles. The van der Waals surface area contributed by atoms with Crippen LogP contribution in [0.25, 0.3) is 0 Å². The first-order valence-corrected chi connectivity index (χ1v) is 10.0. The maximum absolute atomic E-state index is 11.6. The smallest absolute Gasteiger partial charge is 0.385 e. The predicted molar refractivity (Wildman–Crippen MR) is 209 cm³/mol. The molecule has 0 aliphatic carbocycles. The molecular formula is C34H64O5S. The van der Waals surface area contributed by atoms with Gasteiger partial charge in [-0.3, -0.25) is 0 Å². The SMILES string of the molecule is C#CC#CC#CC#CC#CC#CC#CC(=O)O[C@@H](CO)COC(=O)C#CC#CC#CC#CC#CC#CC#CC.S.[HH].[HH].[HH].[HH].[HH].[HH].[HH].[HH].[HH].[HH].[HH].[HH].[HH].[HH].[HH].[HH].[HH].[HH].[HH].[HH].[HH].[HH].[HH].[HH].[HH].[HH]. The molecule has 0 radical (unpaired) electrons. The molecule has 40 heavy (non-hydrogen) atoms. The van der Waals surface area contributed by atoms with Crippen molar-refractivity contribution in [2.24, 2.45) is 0 Å². The van der Waals surface area contributed by atoms with Crippen molar-refractivity contribution >= 4 is 25.4 Å². The molecule has 0 aliphatic rings. The van der Waals surface area contributed by atoms with Gasteiger partial charge in [0, 0.05) is 48.9 Å². The van der Waals surface area contributed by atoms with E-state index in [0.717, 1.165) is 0 Å². The molecular weight excluding hydrogens is 520 g/mol. The molecule has 5 nitrogen and oxygen atoms in total. The summed E-state index contributed by atoms with van der Waals surface area (Å²) in [6.45, 7) is 0.582. The van der Waals surface area contributed by atoms with Gasteiger partial charge in [-0.25, -0.2) is 9.59 Å². The summed E-state index contributed by atoms with van der Waals surface area (Å²) in [6.07, 6.45) is 3.76. The Labute approximate surface area is 280 Å². The van der Waals surface area contributed by atoms with Crippen LogP contribution in [-0.4, -0.2) is 36.4 Å². The first-order chi connectivity index (χ1) is 19.1. The molecule has 0 spiro atoms. The Morgan fingerprint density at radius 1 is 0.625 bits per heavy atom. The monoisotopic (exact) mass is 584 g/mol. The lowest BCUT2D eigenvalue weighted by atomic mass is 10.4. The quantitative estimate of drug-likeness (QED) is 0.263. The second-order valence-electron chi connectivity index (χ2n) is 5.33. The fraction of sp³-hybridized carbons (Fsp3) is 0.118. The molecule has 1 atom stereocenters. The molecule has 0 aromatic carbocycles. The highest BCUT2D eigenvalue weighted by atomic mass is 32.1. The highest BCUT2D eigenvalue weighted by Crippen LogP contribution is 1.94. The van der Waals surface area contributed by atoms with Gasteiger partial charge < -0.3 is 14.6 Å². The zero-order valence-electron chi connectivity index (χ0n) is 20.6. The molecule has 0 aromatic rings. The zero-order valence-corrected chi connectivity index (χ0v) is 21.6. The number of aliphatic hydroxyl groups is 1. The highest BCUT2D eigenvalue weighted by molar-refractivity contribution is 7.59. The molecule has 236 valence electrons. The third kappa shape index (κ3) is 25.7. The van der Waals surface area contributed by atoms with Crippen LogP contribution in [0.1, 0.15) is 44.0 Å². The van der Waals surface area contributed by atoms with Gasteiger partial charge in [0.15, 0.2) is 6.10 Å². The average molecular weight is 585 g/mol. The van der Waals surface area contributed by atoms with Crippen LogP contribution < -0.4 is 0 Å². The summed E-state index contributed by atoms with van der Waals surface area (Å²) in [5, 5.41) is 9.25. The first-order valence-electron chi connectivity index (χ1n) is 10.0. The van der Waals surface area contributed by atoms with E-state index in [0.29, 0.717) is 0 Å². The van der Waals surface area contributed by atoms with Crippen molar-refractivity contribution in [3.05, 3.63) is 0 Å². The molecule has 0 aromatic heterocycles. The maximum atomic E-state index is 11.6. The molecule has 0 saturated carbocycles. The van der Waals surface area contributed by atoms with Crippen molar-refractivity contribution in [1.29, 1.82) is 0 Å². The molecule has 0 amide bonds. The number of carbonyl (C=O) groups is 2. The van der Waals surface area contributed by atoms with E-state index in [2.05, 4.69) is 160 Å². The lowest BCUT2D eigenvalue weighted by molar-refractivity contribution is -0.153. The molecule has 0 heterocycles. The van der Waals surface area contributed by atoms with Crippen molar-refractivity contribution in [3.63, 3.8) is 0 Å². The number of terminal acetylenes is 1. The largest absolute Gasteiger partial charge is 0.452 e. The van der Waals surface area contributed by atoms with E-state index in [1.807, 2.05) is 0 Å². The summed E-state index contributed by atoms with van der Waals surface area (Å²) in [7, 11) is 0. The third-order valence-corrected chi connectivity index (χ3v) is 2.72. The molecule has 0 unspecified atom stereocenters. The van der Waals surface area contributed by atoms with Crippen LogP contribution in [0.2, 0.25) is 0 Å². The van der Waals surface area contributed by atoms with Crippen LogP contribution in [-0.2, 0) is 19.1 Å². The van der Waals surface area contributed by atoms with E-state index >= 15 is 0 Å². The Hall–Kier alpha value is -6.91. The van der Waals surface area contributed by atoms with Gasteiger partial charge in [0.25, 0.3) is 0 Å². The topological polar surface area (TPSA) is 72.8 Å². The first kappa shape index (κ1) is 35.3. The van der Waals surface area contributed by atoms with Crippen LogP contribution in [0.15, 0.2) is 0 Å². The van der Waals surface area contributed by atoms with Crippen molar-refractivity contribution < 1.29 is 61.3 Å². The van der Waals surface area contributed by atoms with E-state index in [1.54, 1.807) is 6.92 Å². The van der Waals surface area contributed by atoms with E-state index in [9.17, 15) is 14.7 Å². The normalized spacial score (nSPS) is 6.22. The van der Waals surface area contributed by atoms with Gasteiger partial charge in [-0.15, -0.1) is 6.42 Å². The van der Waals surface area contributed by atoms with E-state index in [-0.39, 0.29) is 50.6 Å². The van der Waals surface area contributed by atoms with Crippen molar-refractivity contribution in [3.8, 4) is 166 Å². The standard InChI is InChI=1S/C34H10O5.H2S.26H2/c1-3-5-7-9-11-13-15-17-19-20-22-24-26-28-33(36)38-31-32(30-35)39-34(37)29-27-25-23-21-18-16-14-12-10-8-6-4-2;;;;;;;;;;;;;;;;;;;;;;;;;;;/h2,32,35H,30-31H2,1H3;1H2;26*1H/t32-;;;;;;;;;;;;;;;;;;;;;;;;;;;/m0.........................../s1. The van der Waals surface area contributed by atoms with Crippen molar-refractivity contribution in [1.82, 2.24) is 0 Å². The Kier molecular flexibility index (Phi) is 25.0. The fourth-order valence-electron chi connectivity index (χ4n) is 1.37. The lowest BCUT2D eigenvalue weighted by Crippen LogP contribution is -2.27. The van der Waals surface area contributed by atoms with E-state index < -0.39 is 31.3 Å². The van der Waals surface area contributed by atoms with Crippen LogP contribution in [0.5, 0.6) is 0 Å². The minimum Gasteiger partial charge on any atom is -0.452 e. The second kappa shape index (κ2) is 28.3. The maximum Gasteiger partial charge on any atom is 0.385 e. The Bertz CT molecular complexity index is 1920. The van der Waals surface area contributed by atoms with Crippen LogP contribution >= 0.6 is 13.5 Å². The number of hydrogen-bond acceptors (Lipinski definition) is 5. The number of ether oxygens (including phenoxy) is 2. The van der Waals surface area contributed by atoms with Gasteiger partial charge in [0.2, 0.25) is 0 Å². The van der Waals surface area contributed by atoms with E-state index in [1.165, 1.54) is 0 Å². The van der Waals surface area contributed by atoms with Gasteiger partial charge in [-0.1, -0.05) is 5.92 Å². The predicted octanol–water partition coefficient (Wildman–Crippen LogP) is 5.64. The summed E-state index contributed by atoms with van der Waals surface area (Å²) in [5.41, 5.74) is 0. The van der Waals surface area contributed by atoms with Gasteiger partial charge in [0.1, 0.15) is 6.61 Å². The summed E-state index contributed by atoms with van der Waals surface area (Å²) in [6, 6.07) is 0. The zero-order chi connectivity index (χ0) is 28.7. The van der Waals surface area contributed by atoms with Crippen molar-refractivity contribution in [2.75, 3.05) is 13.2 Å². The van der Waals surface area contributed by atoms with Gasteiger partial charge in [-0.2, -0.15) is 13.5 Å². The van der Waals surface area contributed by atoms with E-state index in [4.69, 9.17) is 15.9 Å². The Morgan fingerprint density at radius 2 is 0.975 bits per heavy atom. The third-order valence-electron chi connectivity index (χ3n) is 2.72. The summed E-state index contributed by atoms with van der Waals surface area (Å²) >= 11 is 0. The molecule has 6 heteroatoms. The Morgan fingerprint density at radius 3 is 1.35 bits per heavy atom. The van der Waals surface area contributed by atoms with Crippen LogP contribution in [0, 0.1) is 166 Å². The lowest BCUT2D eigenvalue weighted by Gasteiger charge is -2.12. The molecule has 0 fully saturated rings. The molecule has 0 saturated heterocycles. The molecule has 1 N–H and O–H groups in total. The van der Waals surface area contributed by atoms with Gasteiger partial charge in [0.05, 0.1) is 6.61 Å². The number of esters is 2. The molecule has 0 bridgehead atoms. The number of aliphatic hydroxyl groups excluding tert-OH is 1. The highest BCUT2D eigenvalue weighted by Gasteiger charge is 2.14. The van der Waals surface area contributed by atoms with Gasteiger partial charge in [-0.05, 0) is 149 Å². The summed E-state index contributed by atoms with van der Waals surface area (Å²) in [4.78, 5) is 23.2. The number of rotatable bonds is 4. The van der Waals surface area contributed by atoms with Crippen LogP contribution in [0.3, 0.4) is 0 Å². The number of carbonyl (C=O) groups excluding carboxylic acids is 2. The Balaban J connectivity index is -0.0000000206. The number of hydrogen-bond donors (Lipinski definition) is 1. The summed E-state index contributed by atoms with van der Waals surface area (Å²) < 4.78 is 9.61. The molecule has 0 rings (SSSR count). The van der Waals surface area contributed by atoms with Crippen LogP contribution in [0.4, 0.5) is 0 Å². The average Bonchev–Trinajstić information content (AvgIpc) is 2.94. The van der Waals surface area contributed by atoms with Crippen molar-refractivity contribution in [2.45, 2.75) is 13.0 Å². The minimum atomic E-state index is -1.16. The summed E-state index contributed by atoms with van der Waals surface area (Å²) in [5.74, 6) is 61.7.